The molecule has 1 aromatic heterocycles. The third kappa shape index (κ3) is 4.36. The number of aromatic nitrogens is 1. The van der Waals surface area contributed by atoms with E-state index < -0.39 is 33.9 Å². The molecule has 0 spiro atoms. The molecule has 0 fully saturated rings. The zero-order valence-corrected chi connectivity index (χ0v) is 9.34. The Labute approximate surface area is 90.9 Å². The molecule has 0 atom stereocenters. The fourth-order valence-electron chi connectivity index (χ4n) is 0.852. The van der Waals surface area contributed by atoms with Crippen molar-refractivity contribution in [1.82, 2.24) is 4.98 Å². The van der Waals surface area contributed by atoms with Crippen LogP contribution in [0.5, 0.6) is 0 Å². The van der Waals surface area contributed by atoms with Crippen LogP contribution in [0.25, 0.3) is 0 Å². The number of rotatable bonds is 5. The lowest BCUT2D eigenvalue weighted by Crippen LogP contribution is -2.25. The van der Waals surface area contributed by atoms with Crippen molar-refractivity contribution in [3.05, 3.63) is 11.6 Å². The second-order valence-corrected chi connectivity index (χ2v) is 5.78. The maximum Gasteiger partial charge on any atom is 0.241 e. The average Bonchev–Trinajstić information content (AvgIpc) is 2.54. The summed E-state index contributed by atoms with van der Waals surface area (Å²) in [6.07, 6.45) is 1.50. The summed E-state index contributed by atoms with van der Waals surface area (Å²) in [4.78, 5) is 15.0. The largest absolute Gasteiger partial charge is 0.395 e. The number of amides is 1. The summed E-state index contributed by atoms with van der Waals surface area (Å²) >= 11 is 1.20. The van der Waals surface area contributed by atoms with Gasteiger partial charge in [0.1, 0.15) is 5.75 Å². The quantitative estimate of drug-likeness (QED) is 0.733. The van der Waals surface area contributed by atoms with Crippen LogP contribution < -0.4 is 5.32 Å². The summed E-state index contributed by atoms with van der Waals surface area (Å²) in [5, 5.41) is 12.8. The Kier molecular flexibility index (Phi) is 4.18. The molecule has 0 aliphatic carbocycles. The zero-order chi connectivity index (χ0) is 11.3. The number of hydrogen-bond acceptors (Lipinski definition) is 6. The summed E-state index contributed by atoms with van der Waals surface area (Å²) in [5.74, 6) is -1.68. The first-order valence-electron chi connectivity index (χ1n) is 4.04. The standard InChI is InChI=1S/C7H10N2O4S2/c10-2-4-15(12,13)5-6(11)9-7-8-1-3-14-7/h1,3,10H,2,4-5H2,(H,8,9,11). The first-order valence-corrected chi connectivity index (χ1v) is 6.74. The molecule has 0 saturated heterocycles. The number of nitrogens with one attached hydrogen (secondary N) is 1. The van der Waals surface area contributed by atoms with Crippen molar-refractivity contribution in [3.63, 3.8) is 0 Å². The Hall–Kier alpha value is -0.990. The molecule has 1 aromatic rings. The van der Waals surface area contributed by atoms with E-state index >= 15 is 0 Å². The number of sulfone groups is 1. The van der Waals surface area contributed by atoms with Crippen LogP contribution in [0.3, 0.4) is 0 Å². The van der Waals surface area contributed by atoms with E-state index in [2.05, 4.69) is 10.3 Å². The highest BCUT2D eigenvalue weighted by atomic mass is 32.2. The van der Waals surface area contributed by atoms with Gasteiger partial charge in [-0.3, -0.25) is 4.79 Å². The predicted octanol–water partition coefficient (Wildman–Crippen LogP) is -0.511. The number of aliphatic hydroxyl groups is 1. The molecule has 0 aliphatic rings. The predicted molar refractivity (Wildman–Crippen MR) is 56.5 cm³/mol. The molecule has 0 aliphatic heterocycles. The third-order valence-electron chi connectivity index (χ3n) is 1.43. The van der Waals surface area contributed by atoms with Crippen LogP contribution in [-0.4, -0.2) is 42.5 Å². The van der Waals surface area contributed by atoms with Gasteiger partial charge in [0.2, 0.25) is 5.91 Å². The Bertz CT molecular complexity index is 412. The molecule has 0 saturated carbocycles. The van der Waals surface area contributed by atoms with Gasteiger partial charge in [-0.05, 0) is 0 Å². The molecule has 0 aromatic carbocycles. The van der Waals surface area contributed by atoms with Gasteiger partial charge in [0, 0.05) is 11.6 Å². The van der Waals surface area contributed by atoms with Crippen molar-refractivity contribution in [2.24, 2.45) is 0 Å². The minimum Gasteiger partial charge on any atom is -0.395 e. The van der Waals surface area contributed by atoms with Gasteiger partial charge >= 0.3 is 0 Å². The number of thiazole rings is 1. The van der Waals surface area contributed by atoms with Crippen molar-refractivity contribution >= 4 is 32.2 Å². The van der Waals surface area contributed by atoms with Crippen molar-refractivity contribution in [2.45, 2.75) is 0 Å². The SMILES string of the molecule is O=C(CS(=O)(=O)CCO)Nc1nccs1. The number of anilines is 1. The summed E-state index contributed by atoms with van der Waals surface area (Å²) < 4.78 is 22.3. The molecule has 1 rings (SSSR count). The van der Waals surface area contributed by atoms with Crippen LogP contribution >= 0.6 is 11.3 Å². The molecule has 15 heavy (non-hydrogen) atoms. The molecule has 8 heteroatoms. The van der Waals surface area contributed by atoms with Gasteiger partial charge in [0.25, 0.3) is 0 Å². The normalized spacial score (nSPS) is 11.3. The van der Waals surface area contributed by atoms with E-state index in [0.29, 0.717) is 5.13 Å². The fraction of sp³-hybridized carbons (Fsp3) is 0.429. The molecular weight excluding hydrogens is 240 g/mol. The maximum atomic E-state index is 11.2. The molecule has 0 radical (unpaired) electrons. The Morgan fingerprint density at radius 1 is 1.60 bits per heavy atom. The maximum absolute atomic E-state index is 11.2. The van der Waals surface area contributed by atoms with Gasteiger partial charge < -0.3 is 10.4 Å². The number of carbonyl (C=O) groups is 1. The van der Waals surface area contributed by atoms with Gasteiger partial charge in [0.05, 0.1) is 12.4 Å². The molecule has 2 N–H and O–H groups in total. The molecule has 0 bridgehead atoms. The number of carbonyl (C=O) groups excluding carboxylic acids is 1. The van der Waals surface area contributed by atoms with E-state index in [0.717, 1.165) is 0 Å². The van der Waals surface area contributed by atoms with E-state index in [1.807, 2.05) is 0 Å². The third-order valence-corrected chi connectivity index (χ3v) is 3.63. The number of nitrogens with zero attached hydrogens (tertiary/aromatic N) is 1. The zero-order valence-electron chi connectivity index (χ0n) is 7.71. The number of aliphatic hydroxyl groups excluding tert-OH is 1. The summed E-state index contributed by atoms with van der Waals surface area (Å²) in [6.45, 7) is -0.479. The highest BCUT2D eigenvalue weighted by molar-refractivity contribution is 7.92. The van der Waals surface area contributed by atoms with Crippen molar-refractivity contribution in [2.75, 3.05) is 23.4 Å². The molecule has 84 valence electrons. The monoisotopic (exact) mass is 250 g/mol. The van der Waals surface area contributed by atoms with Gasteiger partial charge in [-0.2, -0.15) is 0 Å². The Morgan fingerprint density at radius 2 is 2.33 bits per heavy atom. The van der Waals surface area contributed by atoms with Crippen LogP contribution in [0, 0.1) is 0 Å². The van der Waals surface area contributed by atoms with Crippen LogP contribution in [-0.2, 0) is 14.6 Å². The second kappa shape index (κ2) is 5.19. The first-order chi connectivity index (χ1) is 7.03. The molecule has 0 unspecified atom stereocenters. The van der Waals surface area contributed by atoms with E-state index in [4.69, 9.17) is 5.11 Å². The van der Waals surface area contributed by atoms with Crippen molar-refractivity contribution < 1.29 is 18.3 Å². The molecule has 1 amide bonds. The van der Waals surface area contributed by atoms with Crippen molar-refractivity contribution in [1.29, 1.82) is 0 Å². The summed E-state index contributed by atoms with van der Waals surface area (Å²) in [7, 11) is -3.52. The lowest BCUT2D eigenvalue weighted by molar-refractivity contribution is -0.113. The van der Waals surface area contributed by atoms with Gasteiger partial charge in [-0.15, -0.1) is 11.3 Å². The smallest absolute Gasteiger partial charge is 0.241 e. The second-order valence-electron chi connectivity index (χ2n) is 2.70. The summed E-state index contributed by atoms with van der Waals surface area (Å²) in [6, 6.07) is 0. The van der Waals surface area contributed by atoms with Crippen LogP contribution in [0.15, 0.2) is 11.6 Å². The van der Waals surface area contributed by atoms with E-state index in [9.17, 15) is 13.2 Å². The minimum absolute atomic E-state index is 0.360. The van der Waals surface area contributed by atoms with Crippen LogP contribution in [0.1, 0.15) is 0 Å². The van der Waals surface area contributed by atoms with Crippen molar-refractivity contribution in [3.8, 4) is 0 Å². The molecular formula is C7H10N2O4S2. The lowest BCUT2D eigenvalue weighted by Gasteiger charge is -2.01. The molecule has 1 heterocycles. The van der Waals surface area contributed by atoms with E-state index in [1.54, 1.807) is 5.38 Å². The average molecular weight is 250 g/mol. The summed E-state index contributed by atoms with van der Waals surface area (Å²) in [5.41, 5.74) is 0. The number of hydrogen-bond donors (Lipinski definition) is 2. The van der Waals surface area contributed by atoms with E-state index in [-0.39, 0.29) is 0 Å². The van der Waals surface area contributed by atoms with E-state index in [1.165, 1.54) is 17.5 Å². The topological polar surface area (TPSA) is 96.4 Å². The lowest BCUT2D eigenvalue weighted by atomic mass is 10.7. The molecule has 6 nitrogen and oxygen atoms in total. The highest BCUT2D eigenvalue weighted by Gasteiger charge is 2.16. The van der Waals surface area contributed by atoms with Gasteiger partial charge in [-0.25, -0.2) is 13.4 Å². The highest BCUT2D eigenvalue weighted by Crippen LogP contribution is 2.10. The van der Waals surface area contributed by atoms with Crippen LogP contribution in [0.4, 0.5) is 5.13 Å². The fourth-order valence-corrected chi connectivity index (χ4v) is 2.29. The van der Waals surface area contributed by atoms with Crippen LogP contribution in [0.2, 0.25) is 0 Å². The Morgan fingerprint density at radius 3 is 2.87 bits per heavy atom. The minimum atomic E-state index is -3.52. The van der Waals surface area contributed by atoms with Gasteiger partial charge in [0.15, 0.2) is 15.0 Å². The first kappa shape index (κ1) is 12.1. The van der Waals surface area contributed by atoms with Gasteiger partial charge in [-0.1, -0.05) is 0 Å². The Balaban J connectivity index is 2.50.